The molecule has 7 heteroatoms. The quantitative estimate of drug-likeness (QED) is 0.817. The molecule has 0 spiro atoms. The van der Waals surface area contributed by atoms with E-state index in [2.05, 4.69) is 32.5 Å². The van der Waals surface area contributed by atoms with E-state index >= 15 is 0 Å². The van der Waals surface area contributed by atoms with Gasteiger partial charge in [0.2, 0.25) is 11.9 Å². The summed E-state index contributed by atoms with van der Waals surface area (Å²) in [6.07, 6.45) is 0.955. The molecule has 0 atom stereocenters. The second-order valence-corrected chi connectivity index (χ2v) is 4.26. The SMILES string of the molecule is CCCNc1nc(Nc2ccc(F)cc2)nc(OCC)n1. The van der Waals surface area contributed by atoms with Crippen molar-refractivity contribution in [3.63, 3.8) is 0 Å². The molecule has 0 aliphatic carbocycles. The first kappa shape index (κ1) is 15.0. The van der Waals surface area contributed by atoms with Crippen LogP contribution < -0.4 is 15.4 Å². The molecule has 6 nitrogen and oxygen atoms in total. The molecule has 0 unspecified atom stereocenters. The number of anilines is 3. The summed E-state index contributed by atoms with van der Waals surface area (Å²) in [4.78, 5) is 12.6. The van der Waals surface area contributed by atoms with Crippen molar-refractivity contribution in [1.29, 1.82) is 0 Å². The summed E-state index contributed by atoms with van der Waals surface area (Å²) in [5.74, 6) is 0.495. The molecule has 1 aromatic carbocycles. The van der Waals surface area contributed by atoms with Gasteiger partial charge in [-0.1, -0.05) is 6.92 Å². The Kier molecular flexibility index (Phi) is 5.25. The van der Waals surface area contributed by atoms with E-state index in [0.29, 0.717) is 24.2 Å². The third kappa shape index (κ3) is 4.55. The van der Waals surface area contributed by atoms with Crippen molar-refractivity contribution in [2.75, 3.05) is 23.8 Å². The van der Waals surface area contributed by atoms with Gasteiger partial charge < -0.3 is 15.4 Å². The monoisotopic (exact) mass is 291 g/mol. The minimum Gasteiger partial charge on any atom is -0.464 e. The molecule has 0 aliphatic rings. The molecule has 0 radical (unpaired) electrons. The maximum Gasteiger partial charge on any atom is 0.323 e. The van der Waals surface area contributed by atoms with Crippen LogP contribution in [0.1, 0.15) is 20.3 Å². The van der Waals surface area contributed by atoms with Gasteiger partial charge in [0.05, 0.1) is 6.61 Å². The van der Waals surface area contributed by atoms with Crippen molar-refractivity contribution in [3.8, 4) is 6.01 Å². The molecule has 0 amide bonds. The predicted octanol–water partition coefficient (Wildman–Crippen LogP) is 2.97. The maximum absolute atomic E-state index is 12.9. The van der Waals surface area contributed by atoms with Crippen LogP contribution in [0.4, 0.5) is 22.0 Å². The van der Waals surface area contributed by atoms with E-state index in [-0.39, 0.29) is 11.8 Å². The Bertz CT molecular complexity index is 576. The molecule has 0 saturated carbocycles. The van der Waals surface area contributed by atoms with Crippen molar-refractivity contribution in [2.24, 2.45) is 0 Å². The highest BCUT2D eigenvalue weighted by Gasteiger charge is 2.07. The molecule has 1 aromatic heterocycles. The van der Waals surface area contributed by atoms with Gasteiger partial charge in [0, 0.05) is 12.2 Å². The van der Waals surface area contributed by atoms with Crippen LogP contribution in [0.3, 0.4) is 0 Å². The molecule has 2 rings (SSSR count). The number of benzene rings is 1. The van der Waals surface area contributed by atoms with Crippen LogP contribution in [0.2, 0.25) is 0 Å². The largest absolute Gasteiger partial charge is 0.464 e. The average molecular weight is 291 g/mol. The second-order valence-electron chi connectivity index (χ2n) is 4.26. The van der Waals surface area contributed by atoms with E-state index in [0.717, 1.165) is 13.0 Å². The normalized spacial score (nSPS) is 10.2. The Labute approximate surface area is 122 Å². The summed E-state index contributed by atoms with van der Waals surface area (Å²) in [6, 6.07) is 6.19. The standard InChI is InChI=1S/C14H18FN5O/c1-3-9-16-12-18-13(20-14(19-12)21-4-2)17-11-7-5-10(15)6-8-11/h5-8H,3-4,9H2,1-2H3,(H2,16,17,18,19,20). The first-order valence-corrected chi connectivity index (χ1v) is 6.86. The van der Waals surface area contributed by atoms with E-state index in [9.17, 15) is 4.39 Å². The van der Waals surface area contributed by atoms with Gasteiger partial charge in [0.25, 0.3) is 0 Å². The van der Waals surface area contributed by atoms with Crippen LogP contribution in [0, 0.1) is 5.82 Å². The van der Waals surface area contributed by atoms with Crippen molar-refractivity contribution < 1.29 is 9.13 Å². The molecule has 0 bridgehead atoms. The van der Waals surface area contributed by atoms with Crippen molar-refractivity contribution >= 4 is 17.6 Å². The zero-order chi connectivity index (χ0) is 15.1. The fourth-order valence-corrected chi connectivity index (χ4v) is 1.58. The number of rotatable bonds is 7. The van der Waals surface area contributed by atoms with Crippen LogP contribution in [0.15, 0.2) is 24.3 Å². The summed E-state index contributed by atoms with van der Waals surface area (Å²) in [5.41, 5.74) is 0.687. The zero-order valence-electron chi connectivity index (χ0n) is 12.1. The Hall–Kier alpha value is -2.44. The molecule has 0 aliphatic heterocycles. The summed E-state index contributed by atoms with van der Waals surface area (Å²) >= 11 is 0. The Balaban J connectivity index is 2.19. The molecule has 1 heterocycles. The van der Waals surface area contributed by atoms with E-state index in [1.807, 2.05) is 6.92 Å². The Morgan fingerprint density at radius 1 is 1.05 bits per heavy atom. The van der Waals surface area contributed by atoms with Gasteiger partial charge in [-0.2, -0.15) is 15.0 Å². The molecular formula is C14H18FN5O. The molecule has 2 aromatic rings. The number of halogens is 1. The highest BCUT2D eigenvalue weighted by molar-refractivity contribution is 5.54. The summed E-state index contributed by atoms with van der Waals surface area (Å²) in [5, 5.41) is 6.08. The molecule has 0 fully saturated rings. The summed E-state index contributed by atoms with van der Waals surface area (Å²) in [6.45, 7) is 5.13. The number of aromatic nitrogens is 3. The minimum atomic E-state index is -0.295. The van der Waals surface area contributed by atoms with Gasteiger partial charge in [-0.15, -0.1) is 0 Å². The topological polar surface area (TPSA) is 72.0 Å². The highest BCUT2D eigenvalue weighted by atomic mass is 19.1. The minimum absolute atomic E-state index is 0.246. The van der Waals surface area contributed by atoms with Gasteiger partial charge in [-0.05, 0) is 37.6 Å². The third-order valence-corrected chi connectivity index (χ3v) is 2.52. The third-order valence-electron chi connectivity index (χ3n) is 2.52. The van der Waals surface area contributed by atoms with E-state index in [1.165, 1.54) is 12.1 Å². The number of hydrogen-bond acceptors (Lipinski definition) is 6. The molecular weight excluding hydrogens is 273 g/mol. The Morgan fingerprint density at radius 2 is 1.76 bits per heavy atom. The van der Waals surface area contributed by atoms with Crippen molar-refractivity contribution in [1.82, 2.24) is 15.0 Å². The lowest BCUT2D eigenvalue weighted by Gasteiger charge is -2.09. The van der Waals surface area contributed by atoms with Crippen LogP contribution in [-0.4, -0.2) is 28.1 Å². The number of nitrogens with zero attached hydrogens (tertiary/aromatic N) is 3. The zero-order valence-corrected chi connectivity index (χ0v) is 12.1. The van der Waals surface area contributed by atoms with E-state index in [4.69, 9.17) is 4.74 Å². The van der Waals surface area contributed by atoms with E-state index in [1.54, 1.807) is 12.1 Å². The number of hydrogen-bond donors (Lipinski definition) is 2. The van der Waals surface area contributed by atoms with Crippen LogP contribution in [0.5, 0.6) is 6.01 Å². The lowest BCUT2D eigenvalue weighted by atomic mass is 10.3. The predicted molar refractivity (Wildman–Crippen MR) is 79.5 cm³/mol. The number of ether oxygens (including phenoxy) is 1. The highest BCUT2D eigenvalue weighted by Crippen LogP contribution is 2.17. The van der Waals surface area contributed by atoms with Gasteiger partial charge in [-0.3, -0.25) is 0 Å². The molecule has 112 valence electrons. The van der Waals surface area contributed by atoms with Crippen LogP contribution in [-0.2, 0) is 0 Å². The molecule has 2 N–H and O–H groups in total. The fourth-order valence-electron chi connectivity index (χ4n) is 1.58. The van der Waals surface area contributed by atoms with Gasteiger partial charge in [0.1, 0.15) is 5.82 Å². The van der Waals surface area contributed by atoms with Crippen LogP contribution in [0.25, 0.3) is 0 Å². The van der Waals surface area contributed by atoms with Crippen LogP contribution >= 0.6 is 0 Å². The van der Waals surface area contributed by atoms with E-state index < -0.39 is 0 Å². The lowest BCUT2D eigenvalue weighted by Crippen LogP contribution is -2.09. The van der Waals surface area contributed by atoms with Gasteiger partial charge in [0.15, 0.2) is 0 Å². The van der Waals surface area contributed by atoms with Crippen molar-refractivity contribution in [3.05, 3.63) is 30.1 Å². The molecule has 0 saturated heterocycles. The second kappa shape index (κ2) is 7.37. The fraction of sp³-hybridized carbons (Fsp3) is 0.357. The average Bonchev–Trinajstić information content (AvgIpc) is 2.48. The van der Waals surface area contributed by atoms with Crippen molar-refractivity contribution in [2.45, 2.75) is 20.3 Å². The van der Waals surface area contributed by atoms with Gasteiger partial charge >= 0.3 is 6.01 Å². The number of nitrogens with one attached hydrogen (secondary N) is 2. The van der Waals surface area contributed by atoms with Gasteiger partial charge in [-0.25, -0.2) is 4.39 Å². The first-order valence-electron chi connectivity index (χ1n) is 6.86. The molecule has 21 heavy (non-hydrogen) atoms. The Morgan fingerprint density at radius 3 is 2.43 bits per heavy atom. The first-order chi connectivity index (χ1) is 10.2. The summed E-state index contributed by atoms with van der Waals surface area (Å²) in [7, 11) is 0. The summed E-state index contributed by atoms with van der Waals surface area (Å²) < 4.78 is 18.2. The lowest BCUT2D eigenvalue weighted by molar-refractivity contribution is 0.312. The maximum atomic E-state index is 12.9. The smallest absolute Gasteiger partial charge is 0.323 e.